The fourth-order valence-electron chi connectivity index (χ4n) is 3.86. The van der Waals surface area contributed by atoms with Crippen molar-refractivity contribution in [3.05, 3.63) is 24.0 Å². The van der Waals surface area contributed by atoms with Crippen LogP contribution in [-0.2, 0) is 11.3 Å². The second-order valence-electron chi connectivity index (χ2n) is 8.45. The van der Waals surface area contributed by atoms with Gasteiger partial charge in [0.1, 0.15) is 22.9 Å². The molecule has 9 heteroatoms. The number of allylic oxidation sites excluding steroid dienone is 1. The molecule has 1 aromatic heterocycles. The Labute approximate surface area is 209 Å². The van der Waals surface area contributed by atoms with Crippen LogP contribution in [0.1, 0.15) is 83.9 Å². The molecule has 0 aliphatic rings. The fraction of sp³-hybridized carbons (Fsp3) is 0.615. The number of anilines is 1. The number of carbonyl (C=O) groups is 1. The van der Waals surface area contributed by atoms with Crippen LogP contribution in [0.25, 0.3) is 5.57 Å². The molecular weight excluding hydrogens is 446 g/mol. The Morgan fingerprint density at radius 3 is 2.00 bits per heavy atom. The Kier molecular flexibility index (Phi) is 12.7. The lowest BCUT2D eigenvalue weighted by molar-refractivity contribution is -0.111. The van der Waals surface area contributed by atoms with Gasteiger partial charge in [-0.15, -0.1) is 10.2 Å². The van der Waals surface area contributed by atoms with Crippen LogP contribution in [0.2, 0.25) is 0 Å². The number of methoxy groups -OCH3 is 3. The van der Waals surface area contributed by atoms with Crippen molar-refractivity contribution in [1.29, 1.82) is 0 Å². The van der Waals surface area contributed by atoms with Gasteiger partial charge in [-0.2, -0.15) is 4.80 Å². The molecule has 35 heavy (non-hydrogen) atoms. The topological polar surface area (TPSA) is 100 Å². The zero-order valence-electron chi connectivity index (χ0n) is 21.9. The summed E-state index contributed by atoms with van der Waals surface area (Å²) in [7, 11) is 4.58. The zero-order chi connectivity index (χ0) is 25.5. The molecule has 0 spiro atoms. The predicted octanol–water partition coefficient (Wildman–Crippen LogP) is 5.66. The molecule has 1 heterocycles. The number of nitrogens with one attached hydrogen (secondary N) is 1. The number of rotatable bonds is 17. The van der Waals surface area contributed by atoms with E-state index in [0.29, 0.717) is 35.1 Å². The second kappa shape index (κ2) is 15.7. The Bertz CT molecular complexity index is 917. The van der Waals surface area contributed by atoms with Crippen LogP contribution in [0.15, 0.2) is 18.2 Å². The van der Waals surface area contributed by atoms with Crippen LogP contribution in [0, 0.1) is 0 Å². The van der Waals surface area contributed by atoms with Crippen molar-refractivity contribution < 1.29 is 19.0 Å². The molecule has 0 unspecified atom stereocenters. The number of aromatic nitrogens is 4. The average molecular weight is 488 g/mol. The maximum absolute atomic E-state index is 13.0. The molecule has 1 amide bonds. The molecular formula is C26H41N5O4. The number of amides is 1. The highest BCUT2D eigenvalue weighted by Crippen LogP contribution is 2.39. The highest BCUT2D eigenvalue weighted by Gasteiger charge is 2.21. The maximum atomic E-state index is 13.0. The van der Waals surface area contributed by atoms with Gasteiger partial charge in [-0.1, -0.05) is 70.8 Å². The van der Waals surface area contributed by atoms with Crippen LogP contribution < -0.4 is 19.5 Å². The Morgan fingerprint density at radius 2 is 1.49 bits per heavy atom. The molecule has 2 rings (SSSR count). The summed E-state index contributed by atoms with van der Waals surface area (Å²) in [5.74, 6) is 1.29. The summed E-state index contributed by atoms with van der Waals surface area (Å²) in [6.45, 7) is 4.70. The number of hydrogen-bond acceptors (Lipinski definition) is 7. The number of tetrazole rings is 1. The number of benzene rings is 1. The third-order valence-corrected chi connectivity index (χ3v) is 5.89. The van der Waals surface area contributed by atoms with Gasteiger partial charge in [-0.3, -0.25) is 4.79 Å². The van der Waals surface area contributed by atoms with Crippen LogP contribution in [-0.4, -0.2) is 47.4 Å². The standard InChI is InChI=1S/C26H41N5O4/c1-6-8-9-10-11-12-13-14-15-16-17-31-29-25(28-30-31)21(7-2)26(32)27-24-22(34-4)18-20(33-3)19-23(24)35-5/h7,18-19H,6,8-17H2,1-5H3,(H,27,32)/b21-7-. The maximum Gasteiger partial charge on any atom is 0.259 e. The van der Waals surface area contributed by atoms with Crippen LogP contribution in [0.4, 0.5) is 5.69 Å². The van der Waals surface area contributed by atoms with E-state index in [2.05, 4.69) is 27.7 Å². The van der Waals surface area contributed by atoms with Crippen molar-refractivity contribution in [2.45, 2.75) is 84.6 Å². The lowest BCUT2D eigenvalue weighted by Gasteiger charge is -2.16. The largest absolute Gasteiger partial charge is 0.496 e. The van der Waals surface area contributed by atoms with Gasteiger partial charge in [-0.25, -0.2) is 0 Å². The first-order valence-electron chi connectivity index (χ1n) is 12.6. The molecule has 0 aliphatic heterocycles. The lowest BCUT2D eigenvalue weighted by Crippen LogP contribution is -2.16. The minimum absolute atomic E-state index is 0.281. The first-order valence-corrected chi connectivity index (χ1v) is 12.6. The second-order valence-corrected chi connectivity index (χ2v) is 8.45. The first-order chi connectivity index (χ1) is 17.1. The third kappa shape index (κ3) is 8.88. The van der Waals surface area contributed by atoms with Crippen molar-refractivity contribution in [3.63, 3.8) is 0 Å². The molecule has 0 saturated carbocycles. The average Bonchev–Trinajstić information content (AvgIpc) is 3.33. The fourth-order valence-corrected chi connectivity index (χ4v) is 3.86. The molecule has 0 radical (unpaired) electrons. The number of aryl methyl sites for hydroxylation is 1. The zero-order valence-corrected chi connectivity index (χ0v) is 21.9. The molecule has 1 N–H and O–H groups in total. The summed E-state index contributed by atoms with van der Waals surface area (Å²) in [6, 6.07) is 3.35. The number of hydrogen-bond donors (Lipinski definition) is 1. The molecule has 0 aliphatic carbocycles. The molecule has 0 bridgehead atoms. The van der Waals surface area contributed by atoms with Gasteiger partial charge in [0.05, 0.1) is 33.4 Å². The molecule has 0 fully saturated rings. The minimum atomic E-state index is -0.382. The first kappa shape index (κ1) is 28.1. The Balaban J connectivity index is 1.88. The van der Waals surface area contributed by atoms with E-state index in [-0.39, 0.29) is 11.7 Å². The van der Waals surface area contributed by atoms with Gasteiger partial charge in [0.15, 0.2) is 0 Å². The van der Waals surface area contributed by atoms with Crippen LogP contribution >= 0.6 is 0 Å². The van der Waals surface area contributed by atoms with Crippen molar-refractivity contribution in [1.82, 2.24) is 20.2 Å². The van der Waals surface area contributed by atoms with E-state index in [1.807, 2.05) is 0 Å². The van der Waals surface area contributed by atoms with Gasteiger partial charge in [0.25, 0.3) is 5.91 Å². The van der Waals surface area contributed by atoms with E-state index in [1.165, 1.54) is 65.6 Å². The summed E-state index contributed by atoms with van der Waals surface area (Å²) in [4.78, 5) is 14.6. The number of carbonyl (C=O) groups excluding carboxylic acids is 1. The van der Waals surface area contributed by atoms with E-state index in [9.17, 15) is 4.79 Å². The normalized spacial score (nSPS) is 11.4. The van der Waals surface area contributed by atoms with Gasteiger partial charge in [0.2, 0.25) is 5.82 Å². The van der Waals surface area contributed by atoms with Gasteiger partial charge in [0, 0.05) is 12.1 Å². The highest BCUT2D eigenvalue weighted by molar-refractivity contribution is 6.24. The molecule has 9 nitrogen and oxygen atoms in total. The SMILES string of the molecule is C/C=C(\C(=O)Nc1c(OC)cc(OC)cc1OC)c1nnn(CCCCCCCCCCCC)n1. The third-order valence-electron chi connectivity index (χ3n) is 5.89. The number of ether oxygens (including phenoxy) is 3. The Morgan fingerprint density at radius 1 is 0.914 bits per heavy atom. The van der Waals surface area contributed by atoms with Crippen LogP contribution in [0.5, 0.6) is 17.2 Å². The van der Waals surface area contributed by atoms with Gasteiger partial charge >= 0.3 is 0 Å². The summed E-state index contributed by atoms with van der Waals surface area (Å²) in [5.41, 5.74) is 0.720. The molecule has 194 valence electrons. The highest BCUT2D eigenvalue weighted by atomic mass is 16.5. The summed E-state index contributed by atoms with van der Waals surface area (Å²) < 4.78 is 16.1. The van der Waals surface area contributed by atoms with Gasteiger partial charge < -0.3 is 19.5 Å². The van der Waals surface area contributed by atoms with Crippen molar-refractivity contribution >= 4 is 17.2 Å². The quantitative estimate of drug-likeness (QED) is 0.227. The van der Waals surface area contributed by atoms with Crippen molar-refractivity contribution in [3.8, 4) is 17.2 Å². The van der Waals surface area contributed by atoms with E-state index in [1.54, 1.807) is 37.0 Å². The summed E-state index contributed by atoms with van der Waals surface area (Å²) >= 11 is 0. The molecule has 1 aromatic carbocycles. The molecule has 2 aromatic rings. The van der Waals surface area contributed by atoms with E-state index in [4.69, 9.17) is 14.2 Å². The van der Waals surface area contributed by atoms with Crippen LogP contribution in [0.3, 0.4) is 0 Å². The lowest BCUT2D eigenvalue weighted by atomic mass is 10.1. The summed E-state index contributed by atoms with van der Waals surface area (Å²) in [5, 5.41) is 15.5. The van der Waals surface area contributed by atoms with E-state index in [0.717, 1.165) is 12.8 Å². The number of unbranched alkanes of at least 4 members (excludes halogenated alkanes) is 9. The molecule has 0 saturated heterocycles. The van der Waals surface area contributed by atoms with E-state index >= 15 is 0 Å². The van der Waals surface area contributed by atoms with Crippen molar-refractivity contribution in [2.75, 3.05) is 26.6 Å². The smallest absolute Gasteiger partial charge is 0.259 e. The van der Waals surface area contributed by atoms with Gasteiger partial charge in [-0.05, 0) is 18.6 Å². The monoisotopic (exact) mass is 487 g/mol. The molecule has 0 atom stereocenters. The predicted molar refractivity (Wildman–Crippen MR) is 138 cm³/mol. The number of nitrogens with zero attached hydrogens (tertiary/aromatic N) is 4. The Hall–Kier alpha value is -3.10. The minimum Gasteiger partial charge on any atom is -0.496 e. The van der Waals surface area contributed by atoms with E-state index < -0.39 is 0 Å². The summed E-state index contributed by atoms with van der Waals surface area (Å²) in [6.07, 6.45) is 14.3. The van der Waals surface area contributed by atoms with Crippen molar-refractivity contribution in [2.24, 2.45) is 0 Å².